The Bertz CT molecular complexity index is 722. The predicted molar refractivity (Wildman–Crippen MR) is 97.3 cm³/mol. The summed E-state index contributed by atoms with van der Waals surface area (Å²) in [5.74, 6) is 0.735. The molecule has 0 aliphatic carbocycles. The summed E-state index contributed by atoms with van der Waals surface area (Å²) in [6.45, 7) is 4.67. The molecule has 1 N–H and O–H groups in total. The van der Waals surface area contributed by atoms with Crippen molar-refractivity contribution in [2.75, 3.05) is 25.0 Å². The average Bonchev–Trinajstić information content (AvgIpc) is 3.26. The van der Waals surface area contributed by atoms with E-state index < -0.39 is 0 Å². The van der Waals surface area contributed by atoms with Crippen molar-refractivity contribution in [3.8, 4) is 0 Å². The van der Waals surface area contributed by atoms with Crippen LogP contribution in [0.25, 0.3) is 0 Å². The minimum atomic E-state index is -0.198. The molecular formula is C18H26N6O. The zero-order chi connectivity index (χ0) is 17.8. The normalized spacial score (nSPS) is 15.2. The van der Waals surface area contributed by atoms with Crippen LogP contribution in [0.4, 0.5) is 10.5 Å². The van der Waals surface area contributed by atoms with Gasteiger partial charge in [0.25, 0.3) is 0 Å². The number of para-hydroxylation sites is 1. The number of aryl methyl sites for hydroxylation is 1. The number of anilines is 1. The van der Waals surface area contributed by atoms with E-state index in [1.165, 1.54) is 24.1 Å². The van der Waals surface area contributed by atoms with Gasteiger partial charge in [-0.2, -0.15) is 0 Å². The highest BCUT2D eigenvalue weighted by molar-refractivity contribution is 5.74. The van der Waals surface area contributed by atoms with Crippen molar-refractivity contribution in [3.05, 3.63) is 42.0 Å². The second-order valence-electron chi connectivity index (χ2n) is 6.65. The number of carbonyl (C=O) groups is 1. The Morgan fingerprint density at radius 2 is 2.04 bits per heavy atom. The lowest BCUT2D eigenvalue weighted by Gasteiger charge is -2.25. The van der Waals surface area contributed by atoms with Gasteiger partial charge >= 0.3 is 6.03 Å². The van der Waals surface area contributed by atoms with Crippen LogP contribution in [0.3, 0.4) is 0 Å². The summed E-state index contributed by atoms with van der Waals surface area (Å²) in [5.41, 5.74) is 2.41. The zero-order valence-electron chi connectivity index (χ0n) is 15.1. The monoisotopic (exact) mass is 342 g/mol. The maximum absolute atomic E-state index is 12.5. The SMILES string of the molecule is CC(NC(=O)N(C)Cc1ccccc1N1CCCC1)c1nncn1C. The molecule has 0 radical (unpaired) electrons. The van der Waals surface area contributed by atoms with E-state index in [2.05, 4.69) is 38.6 Å². The van der Waals surface area contributed by atoms with Crippen molar-refractivity contribution in [2.45, 2.75) is 32.4 Å². The smallest absolute Gasteiger partial charge is 0.318 e. The Balaban J connectivity index is 1.65. The van der Waals surface area contributed by atoms with Gasteiger partial charge in [-0.05, 0) is 31.4 Å². The van der Waals surface area contributed by atoms with Gasteiger partial charge in [0, 0.05) is 39.4 Å². The van der Waals surface area contributed by atoms with Gasteiger partial charge in [-0.3, -0.25) is 0 Å². The van der Waals surface area contributed by atoms with Crippen LogP contribution in [0, 0.1) is 0 Å². The third kappa shape index (κ3) is 3.92. The van der Waals surface area contributed by atoms with Crippen molar-refractivity contribution in [1.82, 2.24) is 25.0 Å². The zero-order valence-corrected chi connectivity index (χ0v) is 15.1. The molecule has 1 unspecified atom stereocenters. The lowest BCUT2D eigenvalue weighted by molar-refractivity contribution is 0.203. The van der Waals surface area contributed by atoms with E-state index in [1.807, 2.05) is 31.7 Å². The fourth-order valence-corrected chi connectivity index (χ4v) is 3.28. The molecule has 1 aliphatic heterocycles. The van der Waals surface area contributed by atoms with E-state index in [0.717, 1.165) is 18.9 Å². The topological polar surface area (TPSA) is 66.3 Å². The third-order valence-electron chi connectivity index (χ3n) is 4.67. The van der Waals surface area contributed by atoms with E-state index in [1.54, 1.807) is 11.2 Å². The number of urea groups is 1. The van der Waals surface area contributed by atoms with E-state index >= 15 is 0 Å². The number of rotatable bonds is 5. The van der Waals surface area contributed by atoms with Gasteiger partial charge in [-0.25, -0.2) is 4.79 Å². The van der Waals surface area contributed by atoms with Crippen molar-refractivity contribution in [1.29, 1.82) is 0 Å². The highest BCUT2D eigenvalue weighted by atomic mass is 16.2. The van der Waals surface area contributed by atoms with Crippen LogP contribution in [0.1, 0.15) is 37.2 Å². The highest BCUT2D eigenvalue weighted by Crippen LogP contribution is 2.25. The maximum atomic E-state index is 12.5. The number of carbonyl (C=O) groups excluding carboxylic acids is 1. The lowest BCUT2D eigenvalue weighted by Crippen LogP contribution is -2.39. The number of nitrogens with one attached hydrogen (secondary N) is 1. The van der Waals surface area contributed by atoms with E-state index in [9.17, 15) is 4.79 Å². The molecule has 7 nitrogen and oxygen atoms in total. The summed E-state index contributed by atoms with van der Waals surface area (Å²) in [6, 6.07) is 8.02. The lowest BCUT2D eigenvalue weighted by atomic mass is 10.1. The molecule has 25 heavy (non-hydrogen) atoms. The van der Waals surface area contributed by atoms with Gasteiger partial charge in [0.05, 0.1) is 6.04 Å². The van der Waals surface area contributed by atoms with Crippen molar-refractivity contribution < 1.29 is 4.79 Å². The standard InChI is InChI=1S/C18H26N6O/c1-14(17-21-19-13-23(17)3)20-18(25)22(2)12-15-8-4-5-9-16(15)24-10-6-7-11-24/h4-5,8-9,13-14H,6-7,10-12H2,1-3H3,(H,20,25). The molecule has 1 aromatic heterocycles. The molecular weight excluding hydrogens is 316 g/mol. The average molecular weight is 342 g/mol. The van der Waals surface area contributed by atoms with E-state index in [0.29, 0.717) is 6.54 Å². The fraction of sp³-hybridized carbons (Fsp3) is 0.500. The molecule has 1 atom stereocenters. The minimum absolute atomic E-state index is 0.119. The van der Waals surface area contributed by atoms with Gasteiger partial charge in [-0.15, -0.1) is 10.2 Å². The largest absolute Gasteiger partial charge is 0.371 e. The Hall–Kier alpha value is -2.57. The molecule has 1 aromatic carbocycles. The first-order valence-corrected chi connectivity index (χ1v) is 8.74. The second kappa shape index (κ2) is 7.55. The van der Waals surface area contributed by atoms with Gasteiger partial charge < -0.3 is 19.7 Å². The number of hydrogen-bond acceptors (Lipinski definition) is 4. The van der Waals surface area contributed by atoms with Crippen molar-refractivity contribution in [3.63, 3.8) is 0 Å². The number of benzene rings is 1. The molecule has 2 amide bonds. The molecule has 134 valence electrons. The molecule has 3 rings (SSSR count). The Morgan fingerprint density at radius 1 is 1.32 bits per heavy atom. The molecule has 0 spiro atoms. The molecule has 7 heteroatoms. The number of nitrogens with zero attached hydrogens (tertiary/aromatic N) is 5. The van der Waals surface area contributed by atoms with Gasteiger partial charge in [-0.1, -0.05) is 18.2 Å². The molecule has 1 aliphatic rings. The van der Waals surface area contributed by atoms with Crippen LogP contribution in [-0.4, -0.2) is 45.8 Å². The molecule has 2 aromatic rings. The molecule has 2 heterocycles. The van der Waals surface area contributed by atoms with Crippen LogP contribution in [0.5, 0.6) is 0 Å². The summed E-state index contributed by atoms with van der Waals surface area (Å²) in [7, 11) is 3.69. The Labute approximate surface area is 148 Å². The maximum Gasteiger partial charge on any atom is 0.318 e. The van der Waals surface area contributed by atoms with Crippen LogP contribution in [0.15, 0.2) is 30.6 Å². The number of aromatic nitrogens is 3. The quantitative estimate of drug-likeness (QED) is 0.905. The van der Waals surface area contributed by atoms with E-state index in [-0.39, 0.29) is 12.1 Å². The van der Waals surface area contributed by atoms with Crippen LogP contribution < -0.4 is 10.2 Å². The molecule has 1 fully saturated rings. The van der Waals surface area contributed by atoms with Crippen molar-refractivity contribution in [2.24, 2.45) is 7.05 Å². The first-order chi connectivity index (χ1) is 12.1. The Kier molecular flexibility index (Phi) is 5.21. The predicted octanol–water partition coefficient (Wildman–Crippen LogP) is 2.32. The van der Waals surface area contributed by atoms with E-state index in [4.69, 9.17) is 0 Å². The van der Waals surface area contributed by atoms with Crippen molar-refractivity contribution >= 4 is 11.7 Å². The van der Waals surface area contributed by atoms with Crippen LogP contribution >= 0.6 is 0 Å². The highest BCUT2D eigenvalue weighted by Gasteiger charge is 2.20. The summed E-state index contributed by atoms with van der Waals surface area (Å²) in [6.07, 6.45) is 4.10. The van der Waals surface area contributed by atoms with Gasteiger partial charge in [0.15, 0.2) is 5.82 Å². The summed E-state index contributed by atoms with van der Waals surface area (Å²) >= 11 is 0. The summed E-state index contributed by atoms with van der Waals surface area (Å²) in [5, 5.41) is 10.9. The minimum Gasteiger partial charge on any atom is -0.371 e. The molecule has 0 bridgehead atoms. The summed E-state index contributed by atoms with van der Waals surface area (Å²) < 4.78 is 1.81. The number of hydrogen-bond donors (Lipinski definition) is 1. The molecule has 1 saturated heterocycles. The molecule has 0 saturated carbocycles. The first kappa shape index (κ1) is 17.3. The van der Waals surface area contributed by atoms with Gasteiger partial charge in [0.2, 0.25) is 0 Å². The van der Waals surface area contributed by atoms with Crippen LogP contribution in [0.2, 0.25) is 0 Å². The fourth-order valence-electron chi connectivity index (χ4n) is 3.28. The first-order valence-electron chi connectivity index (χ1n) is 8.74. The van der Waals surface area contributed by atoms with Crippen LogP contribution in [-0.2, 0) is 13.6 Å². The third-order valence-corrected chi connectivity index (χ3v) is 4.67. The summed E-state index contributed by atoms with van der Waals surface area (Å²) in [4.78, 5) is 16.7. The number of amides is 2. The second-order valence-corrected chi connectivity index (χ2v) is 6.65. The van der Waals surface area contributed by atoms with Gasteiger partial charge in [0.1, 0.15) is 6.33 Å². The Morgan fingerprint density at radius 3 is 2.72 bits per heavy atom.